The molecular formula is C95H60O10. The number of fused-ring (bicyclic) bond motifs is 32. The van der Waals surface area contributed by atoms with Gasteiger partial charge in [0.05, 0.1) is 10.8 Å². The second kappa shape index (κ2) is 23.2. The number of aryl methyl sites for hydroxylation is 5. The van der Waals surface area contributed by atoms with Crippen molar-refractivity contribution in [1.82, 2.24) is 0 Å². The SMILES string of the molecule is Cc1c2oc3ccccc3c2cc2c1oc1ccccc12.Cc1c2oc3ccccc3c2cc2oc3ccccc3c12.Cc1cccc2c1oc1c2ccc2oc3ccccc3c21.Cc1cccc2c1oc1cc3c(cc12)oc1ccccc13.Cc1cccc2c1oc1ccc3c4ccccc4oc3c12. The van der Waals surface area contributed by atoms with Gasteiger partial charge in [-0.05, 0) is 142 Å². The molecule has 0 unspecified atom stereocenters. The first-order chi connectivity index (χ1) is 51.6. The van der Waals surface area contributed by atoms with Crippen LogP contribution in [0.25, 0.3) is 219 Å². The topological polar surface area (TPSA) is 131 Å². The van der Waals surface area contributed by atoms with Crippen LogP contribution in [-0.4, -0.2) is 0 Å². The summed E-state index contributed by atoms with van der Waals surface area (Å²) in [7, 11) is 0. The third-order valence-corrected chi connectivity index (χ3v) is 21.1. The Labute approximate surface area is 595 Å². The van der Waals surface area contributed by atoms with Crippen molar-refractivity contribution in [2.75, 3.05) is 0 Å². The molecule has 10 nitrogen and oxygen atoms in total. The second-order valence-electron chi connectivity index (χ2n) is 27.3. The van der Waals surface area contributed by atoms with Gasteiger partial charge in [-0.2, -0.15) is 0 Å². The van der Waals surface area contributed by atoms with Crippen LogP contribution in [0.4, 0.5) is 0 Å². The quantitative estimate of drug-likeness (QED) is 0.145. The highest BCUT2D eigenvalue weighted by Crippen LogP contribution is 2.45. The third-order valence-electron chi connectivity index (χ3n) is 21.1. The van der Waals surface area contributed by atoms with Gasteiger partial charge in [-0.15, -0.1) is 0 Å². The zero-order valence-electron chi connectivity index (χ0n) is 57.6. The molecule has 0 fully saturated rings. The molecule has 10 heterocycles. The van der Waals surface area contributed by atoms with Crippen LogP contribution < -0.4 is 0 Å². The average molecular weight is 1360 g/mol. The first-order valence-electron chi connectivity index (χ1n) is 35.2. The highest BCUT2D eigenvalue weighted by molar-refractivity contribution is 6.25. The Morgan fingerprint density at radius 1 is 0.143 bits per heavy atom. The van der Waals surface area contributed by atoms with E-state index in [1.54, 1.807) is 0 Å². The number of para-hydroxylation sites is 10. The number of hydrogen-bond donors (Lipinski definition) is 0. The fourth-order valence-corrected chi connectivity index (χ4v) is 16.1. The molecule has 10 heteroatoms. The van der Waals surface area contributed by atoms with E-state index in [9.17, 15) is 0 Å². The van der Waals surface area contributed by atoms with Crippen LogP contribution >= 0.6 is 0 Å². The summed E-state index contributed by atoms with van der Waals surface area (Å²) in [5, 5.41) is 22.6. The van der Waals surface area contributed by atoms with Crippen LogP contribution in [0, 0.1) is 34.6 Å². The normalized spacial score (nSPS) is 12.0. The van der Waals surface area contributed by atoms with Crippen LogP contribution in [-0.2, 0) is 0 Å². The lowest BCUT2D eigenvalue weighted by molar-refractivity contribution is 0.650. The summed E-state index contributed by atoms with van der Waals surface area (Å²) in [6, 6.07) is 92.4. The van der Waals surface area contributed by atoms with Crippen molar-refractivity contribution < 1.29 is 44.2 Å². The summed E-state index contributed by atoms with van der Waals surface area (Å²) in [6.45, 7) is 10.4. The van der Waals surface area contributed by atoms with Gasteiger partial charge in [0.15, 0.2) is 0 Å². The van der Waals surface area contributed by atoms with E-state index in [0.717, 1.165) is 247 Å². The standard InChI is InChI=1S/5C19H12O2/c1-11-18-14(12-6-2-4-8-16(12)20-18)10-15-13-7-3-5-9-17(13)21-19(11)15;1-11-18-13-7-3-5-9-16(13)20-17(18)10-14-12-6-2-4-8-15(12)21-19(11)14;1-11-5-4-7-13-15-10-17-14(9-18(15)21-19(11)13)12-6-2-3-8-16(12)20-17;1-11-5-4-7-12-13-9-10-16-17(19(13)21-18(11)12)14-6-2-3-8-15(14)20-16;1-11-5-4-7-14-17-16(21-18(11)14)10-9-13-12-6-2-3-8-15(12)20-19(13)17/h5*2-10H,1H3. The lowest BCUT2D eigenvalue weighted by Crippen LogP contribution is -1.76. The Balaban J connectivity index is 0.0000000846. The number of benzene rings is 15. The Morgan fingerprint density at radius 2 is 0.429 bits per heavy atom. The van der Waals surface area contributed by atoms with E-state index in [1.165, 1.54) is 0 Å². The predicted octanol–water partition coefficient (Wildman–Crippen LogP) is 29.0. The van der Waals surface area contributed by atoms with Gasteiger partial charge in [0.2, 0.25) is 0 Å². The van der Waals surface area contributed by atoms with E-state index in [4.69, 9.17) is 44.2 Å². The molecule has 500 valence electrons. The summed E-state index contributed by atoms with van der Waals surface area (Å²) in [6.07, 6.45) is 0. The maximum atomic E-state index is 6.20. The first-order valence-corrected chi connectivity index (χ1v) is 35.2. The smallest absolute Gasteiger partial charge is 0.147 e. The van der Waals surface area contributed by atoms with Crippen LogP contribution in [0.3, 0.4) is 0 Å². The number of hydrogen-bond acceptors (Lipinski definition) is 10. The number of furan rings is 10. The molecule has 0 bridgehead atoms. The molecular weight excluding hydrogens is 1300 g/mol. The van der Waals surface area contributed by atoms with Crippen molar-refractivity contribution in [1.29, 1.82) is 0 Å². The fraction of sp³-hybridized carbons (Fsp3) is 0.0526. The molecule has 0 N–H and O–H groups in total. The maximum Gasteiger partial charge on any atom is 0.147 e. The van der Waals surface area contributed by atoms with E-state index in [2.05, 4.69) is 168 Å². The zero-order chi connectivity index (χ0) is 69.9. The van der Waals surface area contributed by atoms with Gasteiger partial charge < -0.3 is 44.2 Å². The Bertz CT molecular complexity index is 7760. The lowest BCUT2D eigenvalue weighted by Gasteiger charge is -1.97. The van der Waals surface area contributed by atoms with E-state index in [1.807, 2.05) is 140 Å². The Morgan fingerprint density at radius 3 is 0.971 bits per heavy atom. The molecule has 0 saturated carbocycles. The van der Waals surface area contributed by atoms with E-state index >= 15 is 0 Å². The predicted molar refractivity (Wildman–Crippen MR) is 429 cm³/mol. The molecule has 105 heavy (non-hydrogen) atoms. The monoisotopic (exact) mass is 1360 g/mol. The fourth-order valence-electron chi connectivity index (χ4n) is 16.1. The summed E-state index contributed by atoms with van der Waals surface area (Å²) in [5.74, 6) is 0. The van der Waals surface area contributed by atoms with Gasteiger partial charge in [0.25, 0.3) is 0 Å². The summed E-state index contributed by atoms with van der Waals surface area (Å²) < 4.78 is 60.4. The minimum Gasteiger partial charge on any atom is -0.456 e. The molecule has 0 radical (unpaired) electrons. The Hall–Kier alpha value is -13.7. The van der Waals surface area contributed by atoms with Gasteiger partial charge in [-0.25, -0.2) is 0 Å². The summed E-state index contributed by atoms with van der Waals surface area (Å²) in [5.41, 5.74) is 24.1. The highest BCUT2D eigenvalue weighted by atomic mass is 16.4. The molecule has 0 saturated heterocycles. The highest BCUT2D eigenvalue weighted by Gasteiger charge is 2.22. The van der Waals surface area contributed by atoms with Crippen LogP contribution in [0.15, 0.2) is 317 Å². The summed E-state index contributed by atoms with van der Waals surface area (Å²) >= 11 is 0. The molecule has 0 aliphatic carbocycles. The van der Waals surface area contributed by atoms with Crippen molar-refractivity contribution >= 4 is 219 Å². The molecule has 10 aromatic heterocycles. The average Bonchev–Trinajstić information content (AvgIpc) is 1.61. The molecule has 25 rings (SSSR count). The molecule has 0 spiro atoms. The van der Waals surface area contributed by atoms with E-state index < -0.39 is 0 Å². The minimum atomic E-state index is 0.875. The van der Waals surface area contributed by atoms with Crippen molar-refractivity contribution in [3.8, 4) is 0 Å². The largest absolute Gasteiger partial charge is 0.456 e. The molecule has 0 amide bonds. The molecule has 0 atom stereocenters. The van der Waals surface area contributed by atoms with Gasteiger partial charge >= 0.3 is 0 Å². The van der Waals surface area contributed by atoms with Crippen LogP contribution in [0.2, 0.25) is 0 Å². The van der Waals surface area contributed by atoms with Crippen molar-refractivity contribution in [3.05, 3.63) is 301 Å². The third kappa shape index (κ3) is 9.29. The van der Waals surface area contributed by atoms with Gasteiger partial charge in [0.1, 0.15) is 112 Å². The van der Waals surface area contributed by atoms with E-state index in [-0.39, 0.29) is 0 Å². The van der Waals surface area contributed by atoms with Crippen molar-refractivity contribution in [2.45, 2.75) is 34.6 Å². The first kappa shape index (κ1) is 60.1. The zero-order valence-corrected chi connectivity index (χ0v) is 57.6. The van der Waals surface area contributed by atoms with Crippen molar-refractivity contribution in [2.24, 2.45) is 0 Å². The van der Waals surface area contributed by atoms with Crippen LogP contribution in [0.1, 0.15) is 27.8 Å². The van der Waals surface area contributed by atoms with Gasteiger partial charge in [-0.3, -0.25) is 0 Å². The number of rotatable bonds is 0. The second-order valence-corrected chi connectivity index (χ2v) is 27.3. The minimum absolute atomic E-state index is 0.875. The summed E-state index contributed by atoms with van der Waals surface area (Å²) in [4.78, 5) is 0. The molecule has 15 aromatic carbocycles. The maximum absolute atomic E-state index is 6.20. The van der Waals surface area contributed by atoms with Crippen molar-refractivity contribution in [3.63, 3.8) is 0 Å². The van der Waals surface area contributed by atoms with Gasteiger partial charge in [-0.1, -0.05) is 182 Å². The van der Waals surface area contributed by atoms with E-state index in [0.29, 0.717) is 0 Å². The Kier molecular flexibility index (Phi) is 13.3. The molecule has 25 aromatic rings. The van der Waals surface area contributed by atoms with Gasteiger partial charge in [0, 0.05) is 108 Å². The lowest BCUT2D eigenvalue weighted by atomic mass is 10.0. The van der Waals surface area contributed by atoms with Crippen LogP contribution in [0.5, 0.6) is 0 Å². The molecule has 0 aliphatic heterocycles. The molecule has 0 aliphatic rings.